The molecule has 1 aromatic heterocycles. The molecule has 4 N–H and O–H groups in total. The fraction of sp³-hybridized carbons (Fsp3) is 0.312. The molecule has 134 valence electrons. The zero-order chi connectivity index (χ0) is 18.6. The molecule has 0 bridgehead atoms. The van der Waals surface area contributed by atoms with Gasteiger partial charge in [0.05, 0.1) is 5.69 Å². The first-order valence-corrected chi connectivity index (χ1v) is 8.19. The van der Waals surface area contributed by atoms with Gasteiger partial charge >= 0.3 is 5.69 Å². The molecule has 0 aliphatic heterocycles. The summed E-state index contributed by atoms with van der Waals surface area (Å²) in [6.45, 7) is 2.36. The fourth-order valence-corrected chi connectivity index (χ4v) is 2.50. The maximum Gasteiger partial charge on any atom is 0.330 e. The molecule has 0 saturated carbocycles. The van der Waals surface area contributed by atoms with Crippen molar-refractivity contribution in [3.63, 3.8) is 0 Å². The minimum atomic E-state index is -0.657. The maximum absolute atomic E-state index is 13.8. The van der Waals surface area contributed by atoms with Crippen LogP contribution in [-0.4, -0.2) is 21.7 Å². The highest BCUT2D eigenvalue weighted by molar-refractivity contribution is 7.80. The van der Waals surface area contributed by atoms with Gasteiger partial charge in [-0.2, -0.15) is 0 Å². The molecule has 9 heteroatoms. The van der Waals surface area contributed by atoms with Gasteiger partial charge in [-0.1, -0.05) is 25.5 Å². The third kappa shape index (κ3) is 4.05. The Labute approximate surface area is 149 Å². The molecule has 0 amide bonds. The smallest absolute Gasteiger partial charge is 0.330 e. The topological polar surface area (TPSA) is 96.2 Å². The quantitative estimate of drug-likeness (QED) is 0.701. The second kappa shape index (κ2) is 7.93. The maximum atomic E-state index is 13.8. The molecule has 0 aliphatic carbocycles. The van der Waals surface area contributed by atoms with E-state index in [0.29, 0.717) is 6.54 Å². The van der Waals surface area contributed by atoms with Crippen molar-refractivity contribution < 1.29 is 4.39 Å². The van der Waals surface area contributed by atoms with E-state index in [0.717, 1.165) is 12.8 Å². The summed E-state index contributed by atoms with van der Waals surface area (Å²) in [7, 11) is 1.52. The number of unbranched alkanes of at least 4 members (excludes halogenated alkanes) is 1. The number of thiocarbonyl (C=S) groups is 1. The zero-order valence-corrected chi connectivity index (χ0v) is 14.8. The molecule has 0 atom stereocenters. The Kier molecular flexibility index (Phi) is 5.92. The summed E-state index contributed by atoms with van der Waals surface area (Å²) in [5.41, 5.74) is 5.01. The molecule has 1 aromatic carbocycles. The summed E-state index contributed by atoms with van der Waals surface area (Å²) < 4.78 is 15.0. The first kappa shape index (κ1) is 18.7. The standard InChI is InChI=1S/C16H20FN5O2S/c1-3-4-9-22-13(18)12(14(23)20-15(22)24)21(2)16(25)19-11-8-6-5-7-10(11)17/h5-8H,3-4,9,18H2,1-2H3,(H,19,25)(H,20,23,24). The van der Waals surface area contributed by atoms with Gasteiger partial charge < -0.3 is 16.0 Å². The van der Waals surface area contributed by atoms with Crippen molar-refractivity contribution in [2.24, 2.45) is 0 Å². The van der Waals surface area contributed by atoms with Crippen LogP contribution in [0.5, 0.6) is 0 Å². The molecule has 0 unspecified atom stereocenters. The van der Waals surface area contributed by atoms with Gasteiger partial charge in [0.15, 0.2) is 5.11 Å². The van der Waals surface area contributed by atoms with E-state index in [-0.39, 0.29) is 22.3 Å². The van der Waals surface area contributed by atoms with Gasteiger partial charge in [-0.05, 0) is 30.8 Å². The van der Waals surface area contributed by atoms with Gasteiger partial charge in [-0.25, -0.2) is 9.18 Å². The van der Waals surface area contributed by atoms with Crippen molar-refractivity contribution in [2.45, 2.75) is 26.3 Å². The molecule has 0 fully saturated rings. The lowest BCUT2D eigenvalue weighted by Crippen LogP contribution is -2.40. The van der Waals surface area contributed by atoms with Gasteiger partial charge in [-0.15, -0.1) is 0 Å². The predicted octanol–water partition coefficient (Wildman–Crippen LogP) is 1.89. The van der Waals surface area contributed by atoms with E-state index in [1.54, 1.807) is 12.1 Å². The highest BCUT2D eigenvalue weighted by atomic mass is 32.1. The van der Waals surface area contributed by atoms with Crippen LogP contribution in [0, 0.1) is 5.82 Å². The molecule has 0 radical (unpaired) electrons. The average molecular weight is 365 g/mol. The number of aromatic amines is 1. The molecule has 2 aromatic rings. The molecule has 25 heavy (non-hydrogen) atoms. The van der Waals surface area contributed by atoms with Crippen LogP contribution >= 0.6 is 12.2 Å². The normalized spacial score (nSPS) is 10.5. The van der Waals surface area contributed by atoms with Gasteiger partial charge in [0.1, 0.15) is 17.3 Å². The first-order valence-electron chi connectivity index (χ1n) is 7.78. The summed E-state index contributed by atoms with van der Waals surface area (Å²) in [6, 6.07) is 6.02. The molecule has 1 heterocycles. The summed E-state index contributed by atoms with van der Waals surface area (Å²) in [6.07, 6.45) is 1.60. The van der Waals surface area contributed by atoms with Crippen LogP contribution in [0.1, 0.15) is 19.8 Å². The number of benzene rings is 1. The Bertz CT molecular complexity index is 893. The lowest BCUT2D eigenvalue weighted by atomic mass is 10.3. The summed E-state index contributed by atoms with van der Waals surface area (Å²) in [5.74, 6) is -0.463. The number of H-pyrrole nitrogens is 1. The number of nitrogens with zero attached hydrogens (tertiary/aromatic N) is 2. The number of hydrogen-bond acceptors (Lipinski definition) is 4. The van der Waals surface area contributed by atoms with E-state index in [4.69, 9.17) is 18.0 Å². The van der Waals surface area contributed by atoms with Crippen LogP contribution in [0.3, 0.4) is 0 Å². The molecule has 2 rings (SSSR count). The monoisotopic (exact) mass is 365 g/mol. The van der Waals surface area contributed by atoms with Crippen molar-refractivity contribution in [3.8, 4) is 0 Å². The van der Waals surface area contributed by atoms with Crippen LogP contribution in [-0.2, 0) is 6.54 Å². The van der Waals surface area contributed by atoms with Crippen LogP contribution in [0.15, 0.2) is 33.9 Å². The SMILES string of the molecule is CCCCn1c(N)c(N(C)C(=S)Nc2ccccc2F)c(=O)[nH]c1=O. The van der Waals surface area contributed by atoms with Crippen molar-refractivity contribution in [3.05, 3.63) is 50.9 Å². The van der Waals surface area contributed by atoms with E-state index >= 15 is 0 Å². The Morgan fingerprint density at radius 3 is 2.72 bits per heavy atom. The minimum Gasteiger partial charge on any atom is -0.383 e. The number of nitrogen functional groups attached to an aromatic ring is 1. The third-order valence-electron chi connectivity index (χ3n) is 3.70. The summed E-state index contributed by atoms with van der Waals surface area (Å²) in [5, 5.41) is 2.80. The Morgan fingerprint density at radius 2 is 2.08 bits per heavy atom. The Morgan fingerprint density at radius 1 is 1.40 bits per heavy atom. The van der Waals surface area contributed by atoms with Crippen LogP contribution in [0.25, 0.3) is 0 Å². The number of rotatable bonds is 5. The van der Waals surface area contributed by atoms with Crippen LogP contribution in [0.2, 0.25) is 0 Å². The molecule has 0 aliphatic rings. The average Bonchev–Trinajstić information content (AvgIpc) is 2.56. The lowest BCUT2D eigenvalue weighted by Gasteiger charge is -2.23. The largest absolute Gasteiger partial charge is 0.383 e. The highest BCUT2D eigenvalue weighted by Crippen LogP contribution is 2.18. The molecular formula is C16H20FN5O2S. The van der Waals surface area contributed by atoms with Crippen molar-refractivity contribution >= 4 is 34.5 Å². The van der Waals surface area contributed by atoms with E-state index in [9.17, 15) is 14.0 Å². The second-order valence-electron chi connectivity index (χ2n) is 5.47. The number of nitrogens with one attached hydrogen (secondary N) is 2. The highest BCUT2D eigenvalue weighted by Gasteiger charge is 2.19. The first-order chi connectivity index (χ1) is 11.9. The van der Waals surface area contributed by atoms with Crippen molar-refractivity contribution in [2.75, 3.05) is 23.0 Å². The van der Waals surface area contributed by atoms with Gasteiger partial charge in [0.25, 0.3) is 5.56 Å². The van der Waals surface area contributed by atoms with Crippen LogP contribution in [0.4, 0.5) is 21.6 Å². The second-order valence-corrected chi connectivity index (χ2v) is 5.85. The number of nitrogens with two attached hydrogens (primary N) is 1. The molecule has 0 spiro atoms. The molecule has 0 saturated heterocycles. The van der Waals surface area contributed by atoms with E-state index in [1.165, 1.54) is 28.6 Å². The lowest BCUT2D eigenvalue weighted by molar-refractivity contribution is 0.605. The van der Waals surface area contributed by atoms with Crippen LogP contribution < -0.4 is 27.2 Å². The third-order valence-corrected chi connectivity index (χ3v) is 4.08. The fourth-order valence-electron chi connectivity index (χ4n) is 2.30. The van der Waals surface area contributed by atoms with Gasteiger partial charge in [0.2, 0.25) is 0 Å². The van der Waals surface area contributed by atoms with Crippen molar-refractivity contribution in [1.82, 2.24) is 9.55 Å². The number of para-hydroxylation sites is 1. The van der Waals surface area contributed by atoms with E-state index in [2.05, 4.69) is 10.3 Å². The van der Waals surface area contributed by atoms with E-state index < -0.39 is 17.1 Å². The van der Waals surface area contributed by atoms with Crippen molar-refractivity contribution in [1.29, 1.82) is 0 Å². The minimum absolute atomic E-state index is 0.0161. The van der Waals surface area contributed by atoms with Gasteiger partial charge in [0, 0.05) is 13.6 Å². The molecule has 7 nitrogen and oxygen atoms in total. The Balaban J connectivity index is 2.36. The Hall–Kier alpha value is -2.68. The predicted molar refractivity (Wildman–Crippen MR) is 102 cm³/mol. The summed E-state index contributed by atoms with van der Waals surface area (Å²) in [4.78, 5) is 27.7. The number of anilines is 3. The molecular weight excluding hydrogens is 345 g/mol. The number of aromatic nitrogens is 2. The number of hydrogen-bond donors (Lipinski definition) is 3. The number of halogens is 1. The zero-order valence-electron chi connectivity index (χ0n) is 14.0. The van der Waals surface area contributed by atoms with E-state index in [1.807, 2.05) is 6.92 Å². The van der Waals surface area contributed by atoms with Gasteiger partial charge in [-0.3, -0.25) is 14.3 Å². The summed E-state index contributed by atoms with van der Waals surface area (Å²) >= 11 is 5.24.